The number of nitrogens with one attached hydrogen (secondary N) is 3. The van der Waals surface area contributed by atoms with Crippen LogP contribution in [0.2, 0.25) is 0 Å². The Kier molecular flexibility index (Phi) is 6.63. The van der Waals surface area contributed by atoms with Crippen LogP contribution in [0.4, 0.5) is 25.0 Å². The molecule has 0 aliphatic rings. The summed E-state index contributed by atoms with van der Waals surface area (Å²) in [6, 6.07) is 10.9. The zero-order chi connectivity index (χ0) is 21.7. The number of urea groups is 1. The molecule has 0 saturated carbocycles. The number of anilines is 2. The van der Waals surface area contributed by atoms with Gasteiger partial charge in [0.2, 0.25) is 0 Å². The average molecular weight is 497 g/mol. The van der Waals surface area contributed by atoms with E-state index < -0.39 is 39.1 Å². The molecule has 0 aliphatic carbocycles. The summed E-state index contributed by atoms with van der Waals surface area (Å²) in [5.74, 6) is -2.88. The second-order valence-electron chi connectivity index (χ2n) is 6.00. The number of carbonyl (C=O) groups excluding carboxylic acids is 1. The van der Waals surface area contributed by atoms with E-state index in [1.165, 1.54) is 24.3 Å². The number of halogens is 3. The Labute approximate surface area is 179 Å². The van der Waals surface area contributed by atoms with Gasteiger partial charge in [0.05, 0.1) is 16.3 Å². The lowest BCUT2D eigenvalue weighted by atomic mass is 10.2. The minimum atomic E-state index is -4.13. The molecule has 3 aromatic rings. The molecule has 2 amide bonds. The maximum absolute atomic E-state index is 14.5. The number of benzene rings is 2. The van der Waals surface area contributed by atoms with Crippen LogP contribution < -0.4 is 15.4 Å². The fraction of sp³-hybridized carbons (Fsp3) is 0.0526. The van der Waals surface area contributed by atoms with Gasteiger partial charge in [-0.1, -0.05) is 24.3 Å². The smallest absolute Gasteiger partial charge is 0.319 e. The van der Waals surface area contributed by atoms with Gasteiger partial charge in [0.1, 0.15) is 0 Å². The van der Waals surface area contributed by atoms with Crippen molar-refractivity contribution in [3.05, 3.63) is 82.6 Å². The third-order valence-corrected chi connectivity index (χ3v) is 5.88. The molecule has 156 valence electrons. The highest BCUT2D eigenvalue weighted by atomic mass is 79.9. The van der Waals surface area contributed by atoms with Crippen LogP contribution >= 0.6 is 15.9 Å². The van der Waals surface area contributed by atoms with E-state index in [0.717, 1.165) is 6.07 Å². The van der Waals surface area contributed by atoms with Crippen molar-refractivity contribution in [2.45, 2.75) is 11.4 Å². The maximum Gasteiger partial charge on any atom is 0.319 e. The number of amides is 2. The predicted octanol–water partition coefficient (Wildman–Crippen LogP) is 4.24. The molecule has 2 aromatic carbocycles. The second-order valence-corrected chi connectivity index (χ2v) is 8.53. The molecular weight excluding hydrogens is 482 g/mol. The zero-order valence-electron chi connectivity index (χ0n) is 15.2. The maximum atomic E-state index is 14.5. The molecule has 11 heteroatoms. The number of carbonyl (C=O) groups is 1. The lowest BCUT2D eigenvalue weighted by Gasteiger charge is -2.14. The minimum Gasteiger partial charge on any atom is -0.334 e. The van der Waals surface area contributed by atoms with Crippen LogP contribution in [0.3, 0.4) is 0 Å². The van der Waals surface area contributed by atoms with Crippen LogP contribution in [0.1, 0.15) is 5.56 Å². The van der Waals surface area contributed by atoms with E-state index in [2.05, 4.69) is 31.5 Å². The molecule has 1 aromatic heterocycles. The molecule has 0 spiro atoms. The third-order valence-electron chi connectivity index (χ3n) is 3.87. The molecule has 3 rings (SSSR count). The van der Waals surface area contributed by atoms with Crippen molar-refractivity contribution in [3.63, 3.8) is 0 Å². The van der Waals surface area contributed by atoms with Gasteiger partial charge in [-0.2, -0.15) is 0 Å². The van der Waals surface area contributed by atoms with E-state index in [9.17, 15) is 22.0 Å². The number of nitrogens with zero attached hydrogens (tertiary/aromatic N) is 1. The molecule has 30 heavy (non-hydrogen) atoms. The lowest BCUT2D eigenvalue weighted by Crippen LogP contribution is -2.29. The van der Waals surface area contributed by atoms with Gasteiger partial charge < -0.3 is 10.6 Å². The van der Waals surface area contributed by atoms with Crippen LogP contribution in [-0.2, 0) is 16.6 Å². The van der Waals surface area contributed by atoms with Crippen LogP contribution in [0.5, 0.6) is 0 Å². The summed E-state index contributed by atoms with van der Waals surface area (Å²) >= 11 is 3.03. The Balaban J connectivity index is 1.77. The SMILES string of the molecule is O=C(NCc1cccnc1)Nc1c(Br)cc(NS(=O)(=O)c2ccccc2)c(F)c1F. The van der Waals surface area contributed by atoms with Gasteiger partial charge in [0.15, 0.2) is 11.6 Å². The molecule has 0 fully saturated rings. The Morgan fingerprint density at radius 3 is 2.47 bits per heavy atom. The normalized spacial score (nSPS) is 11.0. The predicted molar refractivity (Wildman–Crippen MR) is 111 cm³/mol. The summed E-state index contributed by atoms with van der Waals surface area (Å²) < 4.78 is 55.7. The summed E-state index contributed by atoms with van der Waals surface area (Å²) in [6.45, 7) is 0.121. The molecule has 0 radical (unpaired) electrons. The van der Waals surface area contributed by atoms with Crippen molar-refractivity contribution in [1.29, 1.82) is 0 Å². The van der Waals surface area contributed by atoms with Crippen molar-refractivity contribution in [2.24, 2.45) is 0 Å². The first kappa shape index (κ1) is 21.7. The standard InChI is InChI=1S/C19H15BrF2N4O3S/c20-14-9-15(26-30(28,29)13-6-2-1-3-7-13)16(21)17(22)18(14)25-19(27)24-11-12-5-4-8-23-10-12/h1-10,26H,11H2,(H2,24,25,27). The highest BCUT2D eigenvalue weighted by molar-refractivity contribution is 9.10. The van der Waals surface area contributed by atoms with E-state index >= 15 is 0 Å². The quantitative estimate of drug-likeness (QED) is 0.444. The van der Waals surface area contributed by atoms with E-state index in [4.69, 9.17) is 0 Å². The van der Waals surface area contributed by atoms with E-state index in [1.807, 2.05) is 4.72 Å². The monoisotopic (exact) mass is 496 g/mol. The zero-order valence-corrected chi connectivity index (χ0v) is 17.6. The van der Waals surface area contributed by atoms with Crippen LogP contribution in [0, 0.1) is 11.6 Å². The summed E-state index contributed by atoms with van der Waals surface area (Å²) in [4.78, 5) is 15.8. The second kappa shape index (κ2) is 9.18. The van der Waals surface area contributed by atoms with Gasteiger partial charge in [-0.3, -0.25) is 9.71 Å². The van der Waals surface area contributed by atoms with Crippen molar-refractivity contribution >= 4 is 43.4 Å². The first-order valence-corrected chi connectivity index (χ1v) is 10.7. The Hall–Kier alpha value is -3.05. The summed E-state index contributed by atoms with van der Waals surface area (Å²) in [5.41, 5.74) is -0.368. The summed E-state index contributed by atoms with van der Waals surface area (Å²) in [7, 11) is -4.13. The largest absolute Gasteiger partial charge is 0.334 e. The summed E-state index contributed by atoms with van der Waals surface area (Å²) in [6.07, 6.45) is 3.12. The first-order valence-electron chi connectivity index (χ1n) is 8.47. The highest BCUT2D eigenvalue weighted by Gasteiger charge is 2.23. The van der Waals surface area contributed by atoms with Gasteiger partial charge in [0.25, 0.3) is 10.0 Å². The van der Waals surface area contributed by atoms with Gasteiger partial charge in [-0.25, -0.2) is 22.0 Å². The molecule has 3 N–H and O–H groups in total. The lowest BCUT2D eigenvalue weighted by molar-refractivity contribution is 0.251. The van der Waals surface area contributed by atoms with Gasteiger partial charge in [0, 0.05) is 23.4 Å². The number of rotatable bonds is 6. The fourth-order valence-electron chi connectivity index (χ4n) is 2.43. The molecule has 0 saturated heterocycles. The Bertz CT molecular complexity index is 1160. The number of hydrogen-bond donors (Lipinski definition) is 3. The van der Waals surface area contributed by atoms with Crippen molar-refractivity contribution in [1.82, 2.24) is 10.3 Å². The molecule has 1 heterocycles. The van der Waals surface area contributed by atoms with Crippen molar-refractivity contribution in [2.75, 3.05) is 10.0 Å². The molecular formula is C19H15BrF2N4O3S. The van der Waals surface area contributed by atoms with E-state index in [-0.39, 0.29) is 15.9 Å². The Morgan fingerprint density at radius 2 is 1.80 bits per heavy atom. The van der Waals surface area contributed by atoms with Gasteiger partial charge in [-0.05, 0) is 45.8 Å². The summed E-state index contributed by atoms with van der Waals surface area (Å²) in [5, 5.41) is 4.69. The molecule has 7 nitrogen and oxygen atoms in total. The van der Waals surface area contributed by atoms with Crippen molar-refractivity contribution < 1.29 is 22.0 Å². The molecule has 0 bridgehead atoms. The third kappa shape index (κ3) is 5.10. The molecule has 0 unspecified atom stereocenters. The fourth-order valence-corrected chi connectivity index (χ4v) is 4.00. The average Bonchev–Trinajstić information content (AvgIpc) is 2.74. The Morgan fingerprint density at radius 1 is 1.07 bits per heavy atom. The number of sulfonamides is 1. The van der Waals surface area contributed by atoms with Crippen LogP contribution in [0.15, 0.2) is 70.3 Å². The number of hydrogen-bond acceptors (Lipinski definition) is 4. The minimum absolute atomic E-state index is 0.0521. The van der Waals surface area contributed by atoms with Gasteiger partial charge >= 0.3 is 6.03 Å². The highest BCUT2D eigenvalue weighted by Crippen LogP contribution is 2.33. The van der Waals surface area contributed by atoms with Crippen molar-refractivity contribution in [3.8, 4) is 0 Å². The van der Waals surface area contributed by atoms with E-state index in [0.29, 0.717) is 5.56 Å². The first-order chi connectivity index (χ1) is 14.3. The van der Waals surface area contributed by atoms with Crippen LogP contribution in [-0.4, -0.2) is 19.4 Å². The molecule has 0 aliphatic heterocycles. The van der Waals surface area contributed by atoms with E-state index in [1.54, 1.807) is 30.6 Å². The van der Waals surface area contributed by atoms with Gasteiger partial charge in [-0.15, -0.1) is 0 Å². The number of pyridine rings is 1. The topological polar surface area (TPSA) is 100 Å². The molecule has 0 atom stereocenters. The van der Waals surface area contributed by atoms with Crippen LogP contribution in [0.25, 0.3) is 0 Å². The number of aromatic nitrogens is 1.